The molecule has 1 saturated carbocycles. The summed E-state index contributed by atoms with van der Waals surface area (Å²) >= 11 is 0. The van der Waals surface area contributed by atoms with Crippen LogP contribution >= 0.6 is 0 Å². The second-order valence-electron chi connectivity index (χ2n) is 12.3. The maximum Gasteiger partial charge on any atom is 0.138 e. The van der Waals surface area contributed by atoms with Gasteiger partial charge in [-0.15, -0.1) is 0 Å². The molecule has 2 N–H and O–H groups in total. The molecule has 3 aliphatic rings. The van der Waals surface area contributed by atoms with Gasteiger partial charge >= 0.3 is 0 Å². The van der Waals surface area contributed by atoms with Crippen LogP contribution in [0.1, 0.15) is 43.4 Å². The average molecular weight is 580 g/mol. The van der Waals surface area contributed by atoms with E-state index in [0.29, 0.717) is 68.4 Å². The Kier molecular flexibility index (Phi) is 7.47. The zero-order valence-electron chi connectivity index (χ0n) is 24.3. The van der Waals surface area contributed by atoms with Crippen molar-refractivity contribution in [1.82, 2.24) is 24.9 Å². The second-order valence-corrected chi connectivity index (χ2v) is 12.3. The van der Waals surface area contributed by atoms with Crippen LogP contribution in [0.2, 0.25) is 0 Å². The summed E-state index contributed by atoms with van der Waals surface area (Å²) < 4.78 is 13.9. The van der Waals surface area contributed by atoms with Gasteiger partial charge in [0.15, 0.2) is 0 Å². The van der Waals surface area contributed by atoms with Crippen LogP contribution in [-0.2, 0) is 11.2 Å². The Hall–Kier alpha value is -4.04. The highest BCUT2D eigenvalue weighted by Gasteiger charge is 2.46. The van der Waals surface area contributed by atoms with Crippen molar-refractivity contribution in [1.29, 1.82) is 5.26 Å². The maximum atomic E-state index is 11.2. The van der Waals surface area contributed by atoms with Crippen molar-refractivity contribution in [3.8, 4) is 22.9 Å². The lowest BCUT2D eigenvalue weighted by Crippen LogP contribution is -2.46. The molecule has 1 spiro atoms. The minimum absolute atomic E-state index is 0.324. The quantitative estimate of drug-likeness (QED) is 0.286. The summed E-state index contributed by atoms with van der Waals surface area (Å²) in [4.78, 5) is 11.4. The summed E-state index contributed by atoms with van der Waals surface area (Å²) in [6.07, 6.45) is 12.7. The van der Waals surface area contributed by atoms with Gasteiger partial charge in [-0.3, -0.25) is 4.98 Å². The molecule has 0 atom stereocenters. The number of anilines is 1. The van der Waals surface area contributed by atoms with Gasteiger partial charge in [-0.1, -0.05) is 6.07 Å². The van der Waals surface area contributed by atoms with Crippen LogP contribution in [-0.4, -0.2) is 75.8 Å². The summed E-state index contributed by atoms with van der Waals surface area (Å²) in [5, 5.41) is 28.8. The van der Waals surface area contributed by atoms with Crippen molar-refractivity contribution < 1.29 is 14.6 Å². The third-order valence-electron chi connectivity index (χ3n) is 9.38. The molecule has 0 amide bonds. The highest BCUT2D eigenvalue weighted by molar-refractivity contribution is 5.85. The van der Waals surface area contributed by atoms with E-state index in [1.165, 1.54) is 6.42 Å². The lowest BCUT2D eigenvalue weighted by Gasteiger charge is -2.44. The number of ether oxygens (including phenoxy) is 2. The van der Waals surface area contributed by atoms with E-state index >= 15 is 0 Å². The van der Waals surface area contributed by atoms with Crippen LogP contribution in [0.3, 0.4) is 0 Å². The summed E-state index contributed by atoms with van der Waals surface area (Å²) in [5.41, 5.74) is 3.55. The number of pyridine rings is 3. The molecule has 222 valence electrons. The van der Waals surface area contributed by atoms with Crippen molar-refractivity contribution in [2.45, 2.75) is 50.2 Å². The lowest BCUT2D eigenvalue weighted by atomic mass is 9.66. The van der Waals surface area contributed by atoms with Gasteiger partial charge in [-0.05, 0) is 74.4 Å². The Balaban J connectivity index is 1.01. The zero-order valence-corrected chi connectivity index (χ0v) is 24.3. The smallest absolute Gasteiger partial charge is 0.138 e. The van der Waals surface area contributed by atoms with Crippen LogP contribution in [0, 0.1) is 16.7 Å². The molecule has 6 heterocycles. The van der Waals surface area contributed by atoms with E-state index in [9.17, 15) is 10.4 Å². The fourth-order valence-electron chi connectivity index (χ4n) is 6.92. The summed E-state index contributed by atoms with van der Waals surface area (Å²) in [7, 11) is 0. The third-order valence-corrected chi connectivity index (χ3v) is 9.38. The molecule has 0 radical (unpaired) electrons. The van der Waals surface area contributed by atoms with Crippen molar-refractivity contribution in [2.24, 2.45) is 5.41 Å². The normalized spacial score (nSPS) is 22.9. The first-order chi connectivity index (χ1) is 21.0. The van der Waals surface area contributed by atoms with E-state index in [2.05, 4.69) is 26.4 Å². The average Bonchev–Trinajstić information content (AvgIpc) is 3.67. The van der Waals surface area contributed by atoms with E-state index in [1.54, 1.807) is 16.9 Å². The Morgan fingerprint density at radius 1 is 1.07 bits per heavy atom. The zero-order chi connectivity index (χ0) is 29.3. The standard InChI is InChI=1S/C33H37N7O3/c34-19-25-21-38-40-22-27(42-13-14-43-28-17-32(18-28)6-10-35-23-32)15-29(31(25)40)24-4-5-30(37-20-24)39-11-7-33(41,8-12-39)16-26-3-1-2-9-36-26/h1-5,9,15,20-22,28,35,41H,6-8,10-14,16-18,23H2. The summed E-state index contributed by atoms with van der Waals surface area (Å²) in [5.74, 6) is 1.53. The Bertz CT molecular complexity index is 1590. The van der Waals surface area contributed by atoms with Gasteiger partial charge in [-0.2, -0.15) is 10.4 Å². The Morgan fingerprint density at radius 3 is 2.67 bits per heavy atom. The van der Waals surface area contributed by atoms with Crippen molar-refractivity contribution in [2.75, 3.05) is 44.3 Å². The molecule has 43 heavy (non-hydrogen) atoms. The van der Waals surface area contributed by atoms with Crippen LogP contribution in [0.15, 0.2) is 61.2 Å². The highest BCUT2D eigenvalue weighted by Crippen LogP contribution is 2.47. The summed E-state index contributed by atoms with van der Waals surface area (Å²) in [6, 6.07) is 14.1. The fourth-order valence-corrected chi connectivity index (χ4v) is 6.92. The number of rotatable bonds is 9. The van der Waals surface area contributed by atoms with Crippen LogP contribution < -0.4 is 15.0 Å². The molecule has 10 nitrogen and oxygen atoms in total. The maximum absolute atomic E-state index is 11.2. The predicted molar refractivity (Wildman–Crippen MR) is 162 cm³/mol. The number of fused-ring (bicyclic) bond motifs is 1. The number of nitrogens with one attached hydrogen (secondary N) is 1. The molecule has 4 aromatic heterocycles. The van der Waals surface area contributed by atoms with Crippen molar-refractivity contribution in [3.63, 3.8) is 0 Å². The van der Waals surface area contributed by atoms with E-state index in [4.69, 9.17) is 14.5 Å². The number of hydrogen-bond acceptors (Lipinski definition) is 9. The molecule has 3 fully saturated rings. The van der Waals surface area contributed by atoms with E-state index in [-0.39, 0.29) is 0 Å². The molecular weight excluding hydrogens is 542 g/mol. The number of hydrogen-bond donors (Lipinski definition) is 2. The molecule has 0 bridgehead atoms. The molecule has 0 aromatic carbocycles. The highest BCUT2D eigenvalue weighted by atomic mass is 16.5. The first-order valence-electron chi connectivity index (χ1n) is 15.2. The first kappa shape index (κ1) is 27.8. The molecule has 4 aromatic rings. The van der Waals surface area contributed by atoms with Crippen molar-refractivity contribution in [3.05, 3.63) is 72.4 Å². The van der Waals surface area contributed by atoms with Crippen molar-refractivity contribution >= 4 is 11.3 Å². The Morgan fingerprint density at radius 2 is 1.95 bits per heavy atom. The van der Waals surface area contributed by atoms with Gasteiger partial charge in [0.25, 0.3) is 0 Å². The molecule has 2 aliphatic heterocycles. The van der Waals surface area contributed by atoms with Gasteiger partial charge in [0.05, 0.1) is 41.8 Å². The van der Waals surface area contributed by atoms with Crippen LogP contribution in [0.4, 0.5) is 5.82 Å². The minimum Gasteiger partial charge on any atom is -0.490 e. The molecule has 10 heteroatoms. The molecule has 0 unspecified atom stereocenters. The van der Waals surface area contributed by atoms with Gasteiger partial charge < -0.3 is 24.8 Å². The fraction of sp³-hybridized carbons (Fsp3) is 0.455. The monoisotopic (exact) mass is 579 g/mol. The number of aliphatic hydroxyl groups is 1. The number of nitrogens with zero attached hydrogens (tertiary/aromatic N) is 6. The number of piperidine rings is 1. The Labute approximate surface area is 251 Å². The minimum atomic E-state index is -0.759. The van der Waals surface area contributed by atoms with E-state index in [1.807, 2.05) is 48.8 Å². The molecular formula is C33H37N7O3. The second kappa shape index (κ2) is 11.6. The van der Waals surface area contributed by atoms with E-state index in [0.717, 1.165) is 54.1 Å². The molecule has 1 aliphatic carbocycles. The van der Waals surface area contributed by atoms with Gasteiger partial charge in [0.2, 0.25) is 0 Å². The third kappa shape index (κ3) is 5.80. The molecule has 2 saturated heterocycles. The number of aromatic nitrogens is 4. The lowest BCUT2D eigenvalue weighted by molar-refractivity contribution is -0.0782. The van der Waals surface area contributed by atoms with Gasteiger partial charge in [0, 0.05) is 55.3 Å². The largest absolute Gasteiger partial charge is 0.490 e. The van der Waals surface area contributed by atoms with Gasteiger partial charge in [-0.25, -0.2) is 9.50 Å². The topological polar surface area (TPSA) is 121 Å². The predicted octanol–water partition coefficient (Wildman–Crippen LogP) is 3.77. The van der Waals surface area contributed by atoms with Crippen LogP contribution in [0.5, 0.6) is 5.75 Å². The van der Waals surface area contributed by atoms with E-state index < -0.39 is 5.60 Å². The van der Waals surface area contributed by atoms with Crippen LogP contribution in [0.25, 0.3) is 16.6 Å². The molecule has 7 rings (SSSR count). The number of nitriles is 1. The first-order valence-corrected chi connectivity index (χ1v) is 15.2. The SMILES string of the molecule is N#Cc1cnn2cc(OCCOC3CC4(CCNC4)C3)cc(-c3ccc(N4CCC(O)(Cc5ccccn5)CC4)nc3)c12. The van der Waals surface area contributed by atoms with Gasteiger partial charge in [0.1, 0.15) is 24.2 Å². The summed E-state index contributed by atoms with van der Waals surface area (Å²) in [6.45, 7) is 4.64.